The molecule has 1 aromatic carbocycles. The predicted molar refractivity (Wildman–Crippen MR) is 118 cm³/mol. The van der Waals surface area contributed by atoms with Crippen LogP contribution in [0.15, 0.2) is 35.1 Å². The van der Waals surface area contributed by atoms with Crippen molar-refractivity contribution in [2.24, 2.45) is 0 Å². The standard InChI is InChI=1S/C23H31N5O2/c1-22(2,3)20-25-17-18-24-16(13-15-9-7-6-8-10-15)14-28(18)21(29)27(19(17)26-20)12-11-23(4,5)30/h6-10,16,24,30H,11-14H2,1-5H3/t16-/m1/s1. The van der Waals surface area contributed by atoms with Gasteiger partial charge in [0.15, 0.2) is 5.82 Å². The summed E-state index contributed by atoms with van der Waals surface area (Å²) in [4.78, 5) is 23.0. The second kappa shape index (κ2) is 7.23. The molecule has 0 amide bonds. The first-order valence-electron chi connectivity index (χ1n) is 10.6. The van der Waals surface area contributed by atoms with E-state index in [2.05, 4.69) is 38.2 Å². The normalized spacial score (nSPS) is 16.7. The molecule has 1 atom stereocenters. The summed E-state index contributed by atoms with van der Waals surface area (Å²) in [7, 11) is 0. The number of hydrogen-bond donors (Lipinski definition) is 2. The Labute approximate surface area is 177 Å². The van der Waals surface area contributed by atoms with E-state index in [1.54, 1.807) is 23.0 Å². The molecule has 2 N–H and O–H groups in total. The van der Waals surface area contributed by atoms with Crippen molar-refractivity contribution in [2.75, 3.05) is 5.32 Å². The molecule has 0 radical (unpaired) electrons. The van der Waals surface area contributed by atoms with Gasteiger partial charge in [0.25, 0.3) is 0 Å². The molecule has 0 spiro atoms. The van der Waals surface area contributed by atoms with Gasteiger partial charge in [-0.25, -0.2) is 14.8 Å². The second-order valence-electron chi connectivity index (χ2n) is 9.96. The van der Waals surface area contributed by atoms with Crippen LogP contribution < -0.4 is 11.0 Å². The molecule has 30 heavy (non-hydrogen) atoms. The van der Waals surface area contributed by atoms with Crippen LogP contribution >= 0.6 is 0 Å². The van der Waals surface area contributed by atoms with Crippen LogP contribution in [0.25, 0.3) is 11.5 Å². The zero-order valence-electron chi connectivity index (χ0n) is 18.4. The topological polar surface area (TPSA) is 85.0 Å². The Morgan fingerprint density at radius 2 is 1.83 bits per heavy atom. The SMILES string of the molecule is CC(C)(O)CCn1c2nc(C(C)(C)C)nc-2c2n(c1=O)C[C@@H](Cc1ccccc1)N2. The molecule has 0 fully saturated rings. The maximum absolute atomic E-state index is 13.4. The van der Waals surface area contributed by atoms with Gasteiger partial charge in [-0.1, -0.05) is 51.1 Å². The van der Waals surface area contributed by atoms with Crippen LogP contribution in [0, 0.1) is 0 Å². The van der Waals surface area contributed by atoms with Gasteiger partial charge in [0, 0.05) is 24.5 Å². The van der Waals surface area contributed by atoms with Crippen molar-refractivity contribution in [3.8, 4) is 11.5 Å². The van der Waals surface area contributed by atoms with Crippen LogP contribution in [0.5, 0.6) is 0 Å². The van der Waals surface area contributed by atoms with E-state index in [1.807, 2.05) is 18.2 Å². The number of imidazole rings is 1. The summed E-state index contributed by atoms with van der Waals surface area (Å²) in [5.74, 6) is 2.06. The molecule has 3 aliphatic heterocycles. The Hall–Kier alpha value is -2.67. The Balaban J connectivity index is 1.77. The fraction of sp³-hybridized carbons (Fsp3) is 0.522. The first-order chi connectivity index (χ1) is 14.0. The van der Waals surface area contributed by atoms with Gasteiger partial charge in [-0.15, -0.1) is 0 Å². The molecular weight excluding hydrogens is 378 g/mol. The zero-order chi connectivity index (χ0) is 21.7. The number of aliphatic hydroxyl groups is 1. The van der Waals surface area contributed by atoms with E-state index in [4.69, 9.17) is 9.97 Å². The highest BCUT2D eigenvalue weighted by atomic mass is 16.3. The lowest BCUT2D eigenvalue weighted by molar-refractivity contribution is 0.0658. The van der Waals surface area contributed by atoms with E-state index in [1.165, 1.54) is 5.56 Å². The first kappa shape index (κ1) is 20.6. The molecule has 0 bridgehead atoms. The van der Waals surface area contributed by atoms with Crippen LogP contribution in [0.4, 0.5) is 5.82 Å². The van der Waals surface area contributed by atoms with Crippen molar-refractivity contribution in [3.63, 3.8) is 0 Å². The van der Waals surface area contributed by atoms with Gasteiger partial charge >= 0.3 is 5.69 Å². The van der Waals surface area contributed by atoms with Crippen LogP contribution in [-0.4, -0.2) is 35.9 Å². The summed E-state index contributed by atoms with van der Waals surface area (Å²) in [5.41, 5.74) is 0.758. The first-order valence-corrected chi connectivity index (χ1v) is 10.6. The van der Waals surface area contributed by atoms with Gasteiger partial charge in [0.05, 0.1) is 5.60 Å². The van der Waals surface area contributed by atoms with Crippen LogP contribution in [-0.2, 0) is 24.9 Å². The minimum atomic E-state index is -0.865. The summed E-state index contributed by atoms with van der Waals surface area (Å²) in [6.45, 7) is 10.7. The largest absolute Gasteiger partial charge is 0.390 e. The minimum Gasteiger partial charge on any atom is -0.390 e. The third-order valence-corrected chi connectivity index (χ3v) is 5.54. The lowest BCUT2D eigenvalue weighted by Crippen LogP contribution is -2.34. The van der Waals surface area contributed by atoms with Crippen molar-refractivity contribution in [2.45, 2.75) is 77.6 Å². The Kier molecular flexibility index (Phi) is 4.97. The lowest BCUT2D eigenvalue weighted by Gasteiger charge is -2.20. The van der Waals surface area contributed by atoms with Crippen LogP contribution in [0.1, 0.15) is 52.4 Å². The third-order valence-electron chi connectivity index (χ3n) is 5.54. The highest BCUT2D eigenvalue weighted by Crippen LogP contribution is 2.34. The molecule has 0 aromatic heterocycles. The Morgan fingerprint density at radius 1 is 1.13 bits per heavy atom. The highest BCUT2D eigenvalue weighted by Gasteiger charge is 2.34. The van der Waals surface area contributed by atoms with E-state index in [0.29, 0.717) is 25.3 Å². The number of nitrogens with zero attached hydrogens (tertiary/aromatic N) is 4. The molecule has 1 aromatic rings. The van der Waals surface area contributed by atoms with E-state index >= 15 is 0 Å². The number of hydrogen-bond acceptors (Lipinski definition) is 5. The molecule has 160 valence electrons. The zero-order valence-corrected chi connectivity index (χ0v) is 18.4. The van der Waals surface area contributed by atoms with E-state index < -0.39 is 5.60 Å². The van der Waals surface area contributed by atoms with Gasteiger partial charge in [0.1, 0.15) is 17.3 Å². The quantitative estimate of drug-likeness (QED) is 0.677. The van der Waals surface area contributed by atoms with Gasteiger partial charge in [-0.2, -0.15) is 0 Å². The monoisotopic (exact) mass is 409 g/mol. The lowest BCUT2D eigenvalue weighted by atomic mass is 9.96. The number of fused-ring (bicyclic) bond motifs is 3. The number of nitrogens with one attached hydrogen (secondary N) is 1. The van der Waals surface area contributed by atoms with Gasteiger partial charge in [-0.3, -0.25) is 9.13 Å². The second-order valence-corrected chi connectivity index (χ2v) is 9.96. The van der Waals surface area contributed by atoms with Crippen molar-refractivity contribution < 1.29 is 5.11 Å². The summed E-state index contributed by atoms with van der Waals surface area (Å²) in [5, 5.41) is 13.7. The van der Waals surface area contributed by atoms with Gasteiger partial charge < -0.3 is 10.4 Å². The summed E-state index contributed by atoms with van der Waals surface area (Å²) in [6.07, 6.45) is 1.29. The average Bonchev–Trinajstić information content (AvgIpc) is 3.26. The smallest absolute Gasteiger partial charge is 0.331 e. The molecule has 0 unspecified atom stereocenters. The molecule has 4 rings (SSSR count). The Morgan fingerprint density at radius 3 is 2.47 bits per heavy atom. The van der Waals surface area contributed by atoms with E-state index in [-0.39, 0.29) is 17.1 Å². The molecular formula is C23H31N5O2. The fourth-order valence-electron chi connectivity index (χ4n) is 3.85. The highest BCUT2D eigenvalue weighted by molar-refractivity contribution is 5.70. The molecule has 0 saturated carbocycles. The van der Waals surface area contributed by atoms with Crippen molar-refractivity contribution >= 4 is 5.82 Å². The van der Waals surface area contributed by atoms with Crippen LogP contribution in [0.2, 0.25) is 0 Å². The van der Waals surface area contributed by atoms with Crippen molar-refractivity contribution in [3.05, 3.63) is 52.2 Å². The van der Waals surface area contributed by atoms with Gasteiger partial charge in [0.2, 0.25) is 0 Å². The summed E-state index contributed by atoms with van der Waals surface area (Å²) >= 11 is 0. The molecule has 7 heteroatoms. The maximum atomic E-state index is 13.4. The average molecular weight is 410 g/mol. The van der Waals surface area contributed by atoms with E-state index in [9.17, 15) is 9.90 Å². The van der Waals surface area contributed by atoms with Crippen LogP contribution in [0.3, 0.4) is 0 Å². The molecule has 3 aliphatic rings. The number of aromatic nitrogens is 4. The van der Waals surface area contributed by atoms with E-state index in [0.717, 1.165) is 23.8 Å². The van der Waals surface area contributed by atoms with Crippen molar-refractivity contribution in [1.82, 2.24) is 19.1 Å². The third kappa shape index (κ3) is 3.99. The minimum absolute atomic E-state index is 0.106. The summed E-state index contributed by atoms with van der Waals surface area (Å²) in [6, 6.07) is 10.4. The fourth-order valence-corrected chi connectivity index (χ4v) is 3.85. The molecule has 3 heterocycles. The number of rotatable bonds is 5. The van der Waals surface area contributed by atoms with Crippen molar-refractivity contribution in [1.29, 1.82) is 0 Å². The molecule has 0 aliphatic carbocycles. The predicted octanol–water partition coefficient (Wildman–Crippen LogP) is 3.04. The maximum Gasteiger partial charge on any atom is 0.331 e. The molecule has 0 saturated heterocycles. The van der Waals surface area contributed by atoms with Gasteiger partial charge in [-0.05, 0) is 32.3 Å². The number of anilines is 1. The molecule has 7 nitrogen and oxygen atoms in total. The summed E-state index contributed by atoms with van der Waals surface area (Å²) < 4.78 is 3.45. The Bertz CT molecular complexity index is 1070. The number of benzene rings is 1.